The van der Waals surface area contributed by atoms with Crippen LogP contribution < -0.4 is 10.6 Å². The van der Waals surface area contributed by atoms with E-state index < -0.39 is 0 Å². The lowest BCUT2D eigenvalue weighted by atomic mass is 10.2. The first-order valence-corrected chi connectivity index (χ1v) is 8.14. The Morgan fingerprint density at radius 2 is 1.64 bits per heavy atom. The highest BCUT2D eigenvalue weighted by Crippen LogP contribution is 2.32. The molecule has 7 heteroatoms. The summed E-state index contributed by atoms with van der Waals surface area (Å²) in [5.74, 6) is 0.994. The van der Waals surface area contributed by atoms with Crippen LogP contribution in [-0.2, 0) is 0 Å². The van der Waals surface area contributed by atoms with Crippen LogP contribution in [-0.4, -0.2) is 9.97 Å². The summed E-state index contributed by atoms with van der Waals surface area (Å²) in [5, 5.41) is 16.1. The minimum atomic E-state index is 0.381. The van der Waals surface area contributed by atoms with Crippen LogP contribution in [0.2, 0.25) is 10.0 Å². The largest absolute Gasteiger partial charge is 0.340 e. The third-order valence-corrected chi connectivity index (χ3v) is 3.97. The maximum atomic E-state index is 8.86. The lowest BCUT2D eigenvalue weighted by Crippen LogP contribution is -2.03. The highest BCUT2D eigenvalue weighted by molar-refractivity contribution is 6.39. The topological polar surface area (TPSA) is 73.6 Å². The van der Waals surface area contributed by atoms with Gasteiger partial charge >= 0.3 is 0 Å². The predicted octanol–water partition coefficient (Wildman–Crippen LogP) is 5.45. The molecule has 0 atom stereocenters. The van der Waals surface area contributed by atoms with Crippen LogP contribution in [0.1, 0.15) is 11.3 Å². The van der Waals surface area contributed by atoms with Crippen molar-refractivity contribution >= 4 is 46.3 Å². The Kier molecular flexibility index (Phi) is 5.03. The van der Waals surface area contributed by atoms with E-state index >= 15 is 0 Å². The zero-order valence-corrected chi connectivity index (χ0v) is 14.7. The first kappa shape index (κ1) is 17.0. The van der Waals surface area contributed by atoms with Crippen molar-refractivity contribution in [3.63, 3.8) is 0 Å². The second-order valence-electron chi connectivity index (χ2n) is 5.25. The van der Waals surface area contributed by atoms with E-state index in [9.17, 15) is 0 Å². The molecule has 0 aliphatic carbocycles. The molecular formula is C18H13Cl2N5. The van der Waals surface area contributed by atoms with E-state index in [4.69, 9.17) is 28.5 Å². The lowest BCUT2D eigenvalue weighted by Gasteiger charge is -2.12. The Balaban J connectivity index is 1.86. The third-order valence-electron chi connectivity index (χ3n) is 3.34. The van der Waals surface area contributed by atoms with Gasteiger partial charge in [-0.15, -0.1) is 0 Å². The molecule has 0 saturated heterocycles. The van der Waals surface area contributed by atoms with E-state index in [0.29, 0.717) is 33.1 Å². The number of benzene rings is 2. The van der Waals surface area contributed by atoms with Gasteiger partial charge in [0.15, 0.2) is 0 Å². The number of nitriles is 1. The van der Waals surface area contributed by atoms with Gasteiger partial charge in [-0.3, -0.25) is 0 Å². The zero-order valence-electron chi connectivity index (χ0n) is 13.2. The summed E-state index contributed by atoms with van der Waals surface area (Å²) in [6.07, 6.45) is 0. The van der Waals surface area contributed by atoms with E-state index in [2.05, 4.69) is 26.7 Å². The van der Waals surface area contributed by atoms with Gasteiger partial charge in [-0.2, -0.15) is 10.2 Å². The summed E-state index contributed by atoms with van der Waals surface area (Å²) >= 11 is 12.3. The molecule has 3 aromatic rings. The molecule has 0 aliphatic rings. The SMILES string of the molecule is Cc1cc(Nc2ccc(C#N)cc2)nc(Nc2c(Cl)cccc2Cl)n1. The second-order valence-corrected chi connectivity index (χ2v) is 6.07. The van der Waals surface area contributed by atoms with Gasteiger partial charge in [0.1, 0.15) is 5.82 Å². The normalized spacial score (nSPS) is 10.2. The molecule has 0 fully saturated rings. The lowest BCUT2D eigenvalue weighted by molar-refractivity contribution is 1.11. The molecule has 0 aliphatic heterocycles. The molecule has 0 radical (unpaired) electrons. The highest BCUT2D eigenvalue weighted by Gasteiger charge is 2.09. The fourth-order valence-electron chi connectivity index (χ4n) is 2.19. The molecule has 2 aromatic carbocycles. The summed E-state index contributed by atoms with van der Waals surface area (Å²) in [7, 11) is 0. The highest BCUT2D eigenvalue weighted by atomic mass is 35.5. The zero-order chi connectivity index (χ0) is 17.8. The minimum absolute atomic E-state index is 0.381. The number of aromatic nitrogens is 2. The Labute approximate surface area is 155 Å². The molecule has 3 rings (SSSR count). The van der Waals surface area contributed by atoms with Gasteiger partial charge in [0.25, 0.3) is 0 Å². The summed E-state index contributed by atoms with van der Waals surface area (Å²) in [6.45, 7) is 1.87. The summed E-state index contributed by atoms with van der Waals surface area (Å²) in [6, 6.07) is 16.2. The van der Waals surface area contributed by atoms with E-state index in [1.165, 1.54) is 0 Å². The number of para-hydroxylation sites is 1. The average molecular weight is 370 g/mol. The molecule has 1 aromatic heterocycles. The quantitative estimate of drug-likeness (QED) is 0.639. The fourth-order valence-corrected chi connectivity index (χ4v) is 2.69. The number of hydrogen-bond acceptors (Lipinski definition) is 5. The van der Waals surface area contributed by atoms with Crippen molar-refractivity contribution < 1.29 is 0 Å². The van der Waals surface area contributed by atoms with E-state index in [-0.39, 0.29) is 0 Å². The van der Waals surface area contributed by atoms with Crippen LogP contribution in [0.3, 0.4) is 0 Å². The molecule has 0 unspecified atom stereocenters. The molecule has 0 spiro atoms. The standard InChI is InChI=1S/C18H13Cl2N5/c1-11-9-16(23-13-7-5-12(10-21)6-8-13)24-18(22-11)25-17-14(19)3-2-4-15(17)20/h2-9H,1H3,(H2,22,23,24,25). The second kappa shape index (κ2) is 7.39. The smallest absolute Gasteiger partial charge is 0.229 e. The van der Waals surface area contributed by atoms with Gasteiger partial charge < -0.3 is 10.6 Å². The van der Waals surface area contributed by atoms with Crippen molar-refractivity contribution in [2.45, 2.75) is 6.92 Å². The number of halogens is 2. The fraction of sp³-hybridized carbons (Fsp3) is 0.0556. The molecule has 1 heterocycles. The minimum Gasteiger partial charge on any atom is -0.340 e. The first-order valence-electron chi connectivity index (χ1n) is 7.39. The molecule has 0 bridgehead atoms. The Hall–Kier alpha value is -2.81. The maximum Gasteiger partial charge on any atom is 0.229 e. The third kappa shape index (κ3) is 4.18. The van der Waals surface area contributed by atoms with Crippen molar-refractivity contribution in [2.24, 2.45) is 0 Å². The summed E-state index contributed by atoms with van der Waals surface area (Å²) in [5.41, 5.74) is 2.75. The van der Waals surface area contributed by atoms with E-state index in [1.54, 1.807) is 30.3 Å². The van der Waals surface area contributed by atoms with Crippen LogP contribution >= 0.6 is 23.2 Å². The Morgan fingerprint density at radius 3 is 2.28 bits per heavy atom. The number of aryl methyl sites for hydroxylation is 1. The first-order chi connectivity index (χ1) is 12.0. The molecule has 0 amide bonds. The van der Waals surface area contributed by atoms with Gasteiger partial charge in [0.05, 0.1) is 27.4 Å². The van der Waals surface area contributed by atoms with Crippen molar-refractivity contribution in [3.8, 4) is 6.07 Å². The van der Waals surface area contributed by atoms with E-state index in [0.717, 1.165) is 11.4 Å². The van der Waals surface area contributed by atoms with Crippen LogP contribution in [0.25, 0.3) is 0 Å². The Morgan fingerprint density at radius 1 is 0.960 bits per heavy atom. The number of rotatable bonds is 4. The van der Waals surface area contributed by atoms with Crippen LogP contribution in [0, 0.1) is 18.3 Å². The molecule has 5 nitrogen and oxygen atoms in total. The Bertz CT molecular complexity index is 928. The molecule has 0 saturated carbocycles. The van der Waals surface area contributed by atoms with Crippen LogP contribution in [0.15, 0.2) is 48.5 Å². The molecular weight excluding hydrogens is 357 g/mol. The predicted molar refractivity (Wildman–Crippen MR) is 101 cm³/mol. The molecule has 124 valence electrons. The van der Waals surface area contributed by atoms with Crippen molar-refractivity contribution in [3.05, 3.63) is 69.8 Å². The van der Waals surface area contributed by atoms with Gasteiger partial charge in [0, 0.05) is 17.4 Å². The summed E-state index contributed by atoms with van der Waals surface area (Å²) < 4.78 is 0. The van der Waals surface area contributed by atoms with Gasteiger partial charge in [0.2, 0.25) is 5.95 Å². The molecule has 25 heavy (non-hydrogen) atoms. The van der Waals surface area contributed by atoms with Gasteiger partial charge in [-0.1, -0.05) is 29.3 Å². The van der Waals surface area contributed by atoms with Crippen molar-refractivity contribution in [1.82, 2.24) is 9.97 Å². The van der Waals surface area contributed by atoms with Crippen molar-refractivity contribution in [2.75, 3.05) is 10.6 Å². The van der Waals surface area contributed by atoms with Crippen LogP contribution in [0.4, 0.5) is 23.1 Å². The maximum absolute atomic E-state index is 8.86. The average Bonchev–Trinajstić information content (AvgIpc) is 2.58. The van der Waals surface area contributed by atoms with E-state index in [1.807, 2.05) is 25.1 Å². The van der Waals surface area contributed by atoms with Gasteiger partial charge in [-0.25, -0.2) is 4.98 Å². The summed E-state index contributed by atoms with van der Waals surface area (Å²) in [4.78, 5) is 8.79. The van der Waals surface area contributed by atoms with Gasteiger partial charge in [-0.05, 0) is 43.3 Å². The van der Waals surface area contributed by atoms with Crippen LogP contribution in [0.5, 0.6) is 0 Å². The molecule has 2 N–H and O–H groups in total. The number of hydrogen-bond donors (Lipinski definition) is 2. The monoisotopic (exact) mass is 369 g/mol. The number of anilines is 4. The number of nitrogens with one attached hydrogen (secondary N) is 2. The number of nitrogens with zero attached hydrogens (tertiary/aromatic N) is 3. The van der Waals surface area contributed by atoms with Crippen molar-refractivity contribution in [1.29, 1.82) is 5.26 Å².